The Morgan fingerprint density at radius 3 is 2.91 bits per heavy atom. The Labute approximate surface area is 199 Å². The molecule has 0 bridgehead atoms. The fraction of sp³-hybridized carbons (Fsp3) is 0.250. The number of carbonyl (C=O) groups excluding carboxylic acids is 1. The molecule has 3 N–H and O–H groups in total. The molecule has 4 aromatic heterocycles. The third kappa shape index (κ3) is 4.32. The molecule has 0 radical (unpaired) electrons. The number of alkyl halides is 1. The van der Waals surface area contributed by atoms with Crippen molar-refractivity contribution in [2.45, 2.75) is 30.6 Å². The number of aryl methyl sites for hydroxylation is 1. The summed E-state index contributed by atoms with van der Waals surface area (Å²) in [7, 11) is 0. The zero-order valence-corrected chi connectivity index (χ0v) is 20.0. The minimum Gasteiger partial charge on any atom is -0.357 e. The maximum Gasteiger partial charge on any atom is 0.227 e. The molecule has 0 saturated heterocycles. The maximum absolute atomic E-state index is 12.1. The summed E-state index contributed by atoms with van der Waals surface area (Å²) in [4.78, 5) is 24.7. The normalized spacial score (nSPS) is 14.8. The smallest absolute Gasteiger partial charge is 0.227 e. The Kier molecular flexibility index (Phi) is 5.54. The van der Waals surface area contributed by atoms with Gasteiger partial charge < -0.3 is 10.3 Å². The number of aromatic nitrogens is 5. The van der Waals surface area contributed by atoms with Crippen LogP contribution in [0.3, 0.4) is 0 Å². The molecule has 1 aliphatic rings. The van der Waals surface area contributed by atoms with Crippen molar-refractivity contribution < 1.29 is 4.79 Å². The summed E-state index contributed by atoms with van der Waals surface area (Å²) < 4.78 is 0.458. The van der Waals surface area contributed by atoms with Gasteiger partial charge in [0, 0.05) is 27.3 Å². The first-order valence-corrected chi connectivity index (χ1v) is 11.9. The lowest BCUT2D eigenvalue weighted by Crippen LogP contribution is -2.13. The number of halogens is 1. The number of aromatic amines is 2. The molecule has 1 saturated carbocycles. The number of nitrogens with zero attached hydrogens (tertiary/aromatic N) is 3. The summed E-state index contributed by atoms with van der Waals surface area (Å²) in [6.45, 7) is 4.20. The number of amides is 1. The Hall–Kier alpha value is -3.01. The van der Waals surface area contributed by atoms with E-state index in [-0.39, 0.29) is 11.8 Å². The van der Waals surface area contributed by atoms with Crippen molar-refractivity contribution in [2.24, 2.45) is 5.92 Å². The van der Waals surface area contributed by atoms with Crippen LogP contribution in [0, 0.1) is 12.8 Å². The van der Waals surface area contributed by atoms with E-state index in [0.717, 1.165) is 57.8 Å². The number of anilines is 1. The van der Waals surface area contributed by atoms with Gasteiger partial charge in [0.25, 0.3) is 0 Å². The molecule has 0 unspecified atom stereocenters. The van der Waals surface area contributed by atoms with Gasteiger partial charge in [0.15, 0.2) is 0 Å². The molecule has 0 aromatic carbocycles. The first kappa shape index (κ1) is 20.9. The van der Waals surface area contributed by atoms with E-state index in [9.17, 15) is 4.79 Å². The SMILES string of the molecule is Cc1[nH]c(-c2n[nH]c3ccc(-c4cncc(NC(=O)C5CC5)c4)nc23)cc1/C=C\[C@@H](C)I. The Balaban J connectivity index is 1.48. The third-order valence-corrected chi connectivity index (χ3v) is 5.92. The van der Waals surface area contributed by atoms with Crippen LogP contribution in [0.15, 0.2) is 42.7 Å². The average Bonchev–Trinajstić information content (AvgIpc) is 3.45. The molecular weight excluding hydrogens is 515 g/mol. The summed E-state index contributed by atoms with van der Waals surface area (Å²) >= 11 is 2.38. The number of allylic oxidation sites excluding steroid dienone is 1. The maximum atomic E-state index is 12.1. The van der Waals surface area contributed by atoms with E-state index in [1.807, 2.05) is 18.2 Å². The number of fused-ring (bicyclic) bond motifs is 1. The van der Waals surface area contributed by atoms with Crippen molar-refractivity contribution in [3.63, 3.8) is 0 Å². The van der Waals surface area contributed by atoms with E-state index in [1.54, 1.807) is 12.4 Å². The van der Waals surface area contributed by atoms with Crippen LogP contribution in [0.25, 0.3) is 39.8 Å². The highest BCUT2D eigenvalue weighted by atomic mass is 127. The van der Waals surface area contributed by atoms with Crippen molar-refractivity contribution in [3.8, 4) is 22.6 Å². The molecule has 4 aromatic rings. The topological polar surface area (TPSA) is 99.4 Å². The second-order valence-electron chi connectivity index (χ2n) is 8.19. The summed E-state index contributed by atoms with van der Waals surface area (Å²) in [6, 6.07) is 7.92. The summed E-state index contributed by atoms with van der Waals surface area (Å²) in [5, 5.41) is 10.5. The molecule has 5 rings (SSSR count). The van der Waals surface area contributed by atoms with Gasteiger partial charge in [0.1, 0.15) is 11.2 Å². The predicted molar refractivity (Wildman–Crippen MR) is 136 cm³/mol. The molecular formula is C24H23IN6O. The first-order valence-electron chi connectivity index (χ1n) is 10.6. The molecule has 1 amide bonds. The van der Waals surface area contributed by atoms with Gasteiger partial charge in [0.05, 0.1) is 28.8 Å². The quantitative estimate of drug-likeness (QED) is 0.223. The minimum atomic E-state index is 0.0633. The number of hydrogen-bond acceptors (Lipinski definition) is 4. The van der Waals surface area contributed by atoms with Crippen LogP contribution in [-0.2, 0) is 4.79 Å². The number of carbonyl (C=O) groups is 1. The van der Waals surface area contributed by atoms with Gasteiger partial charge in [-0.15, -0.1) is 0 Å². The van der Waals surface area contributed by atoms with Crippen molar-refractivity contribution in [3.05, 3.63) is 54.0 Å². The van der Waals surface area contributed by atoms with E-state index in [1.165, 1.54) is 0 Å². The Morgan fingerprint density at radius 2 is 2.12 bits per heavy atom. The van der Waals surface area contributed by atoms with Gasteiger partial charge in [-0.05, 0) is 56.5 Å². The zero-order chi connectivity index (χ0) is 22.2. The molecule has 7 nitrogen and oxygen atoms in total. The van der Waals surface area contributed by atoms with Gasteiger partial charge in [-0.25, -0.2) is 4.98 Å². The van der Waals surface area contributed by atoms with Crippen LogP contribution in [0.2, 0.25) is 0 Å². The van der Waals surface area contributed by atoms with Crippen LogP contribution in [0.4, 0.5) is 5.69 Å². The monoisotopic (exact) mass is 538 g/mol. The third-order valence-electron chi connectivity index (χ3n) is 5.51. The van der Waals surface area contributed by atoms with Gasteiger partial charge >= 0.3 is 0 Å². The summed E-state index contributed by atoms with van der Waals surface area (Å²) in [5.74, 6) is 0.208. The number of rotatable bonds is 6. The lowest BCUT2D eigenvalue weighted by atomic mass is 10.1. The van der Waals surface area contributed by atoms with Crippen LogP contribution in [-0.4, -0.2) is 35.0 Å². The van der Waals surface area contributed by atoms with Crippen LogP contribution in [0.5, 0.6) is 0 Å². The van der Waals surface area contributed by atoms with E-state index >= 15 is 0 Å². The van der Waals surface area contributed by atoms with Gasteiger partial charge in [-0.3, -0.25) is 14.9 Å². The molecule has 1 fully saturated rings. The number of H-pyrrole nitrogens is 2. The van der Waals surface area contributed by atoms with Crippen LogP contribution >= 0.6 is 22.6 Å². The van der Waals surface area contributed by atoms with E-state index in [0.29, 0.717) is 9.61 Å². The minimum absolute atomic E-state index is 0.0633. The number of nitrogens with one attached hydrogen (secondary N) is 3. The predicted octanol–water partition coefficient (Wildman–Crippen LogP) is 5.51. The summed E-state index contributed by atoms with van der Waals surface area (Å²) in [5.41, 5.74) is 7.88. The molecule has 0 spiro atoms. The largest absolute Gasteiger partial charge is 0.357 e. The van der Waals surface area contributed by atoms with Gasteiger partial charge in [-0.2, -0.15) is 5.10 Å². The molecule has 0 aliphatic heterocycles. The fourth-order valence-electron chi connectivity index (χ4n) is 3.60. The Morgan fingerprint density at radius 1 is 1.28 bits per heavy atom. The van der Waals surface area contributed by atoms with Crippen molar-refractivity contribution in [1.29, 1.82) is 0 Å². The molecule has 32 heavy (non-hydrogen) atoms. The lowest BCUT2D eigenvalue weighted by molar-refractivity contribution is -0.117. The zero-order valence-electron chi connectivity index (χ0n) is 17.8. The van der Waals surface area contributed by atoms with Gasteiger partial charge in [-0.1, -0.05) is 34.7 Å². The summed E-state index contributed by atoms with van der Waals surface area (Å²) in [6.07, 6.45) is 9.65. The highest BCUT2D eigenvalue weighted by Gasteiger charge is 2.29. The molecule has 162 valence electrons. The second-order valence-corrected chi connectivity index (χ2v) is 10.2. The van der Waals surface area contributed by atoms with Crippen molar-refractivity contribution in [1.82, 2.24) is 25.1 Å². The fourth-order valence-corrected chi connectivity index (χ4v) is 3.80. The standard InChI is InChI=1S/C24H23IN6O/c1-13(25)3-4-16-10-21(27-14(16)2)23-22-20(30-31-23)8-7-19(29-22)17-9-18(12-26-11-17)28-24(32)15-5-6-15/h3-4,7-13,15,27H,5-6H2,1-2H3,(H,28,32)(H,30,31)/b4-3-/t13-/m1/s1. The molecule has 4 heterocycles. The number of hydrogen-bond donors (Lipinski definition) is 3. The van der Waals surface area contributed by atoms with E-state index < -0.39 is 0 Å². The highest BCUT2D eigenvalue weighted by Crippen LogP contribution is 2.31. The van der Waals surface area contributed by atoms with Crippen LogP contribution < -0.4 is 5.32 Å². The number of pyridine rings is 2. The average molecular weight is 538 g/mol. The molecule has 1 atom stereocenters. The lowest BCUT2D eigenvalue weighted by Gasteiger charge is -2.06. The second kappa shape index (κ2) is 8.50. The van der Waals surface area contributed by atoms with Crippen molar-refractivity contribution in [2.75, 3.05) is 5.32 Å². The van der Waals surface area contributed by atoms with Crippen LogP contribution in [0.1, 0.15) is 31.0 Å². The van der Waals surface area contributed by atoms with E-state index in [2.05, 4.69) is 80.1 Å². The Bertz CT molecular complexity index is 1330. The van der Waals surface area contributed by atoms with E-state index in [4.69, 9.17) is 4.98 Å². The highest BCUT2D eigenvalue weighted by molar-refractivity contribution is 14.1. The molecule has 8 heteroatoms. The first-order chi connectivity index (χ1) is 15.5. The van der Waals surface area contributed by atoms with Gasteiger partial charge in [0.2, 0.25) is 5.91 Å². The van der Waals surface area contributed by atoms with Crippen molar-refractivity contribution >= 4 is 51.3 Å². The molecule has 1 aliphatic carbocycles.